The van der Waals surface area contributed by atoms with Gasteiger partial charge in [-0.25, -0.2) is 22.4 Å². The third-order valence-electron chi connectivity index (χ3n) is 7.70. The number of urea groups is 1. The summed E-state index contributed by atoms with van der Waals surface area (Å²) in [7, 11) is -3.13. The fourth-order valence-corrected chi connectivity index (χ4v) is 6.57. The number of halogens is 4. The van der Waals surface area contributed by atoms with Gasteiger partial charge < -0.3 is 15.4 Å². The number of nitrogens with one attached hydrogen (secondary N) is 2. The van der Waals surface area contributed by atoms with Gasteiger partial charge >= 0.3 is 18.2 Å². The van der Waals surface area contributed by atoms with Crippen LogP contribution in [0.1, 0.15) is 36.0 Å². The molecule has 2 aromatic rings. The minimum atomic E-state index is -5.35. The molecule has 2 amide bonds. The molecule has 0 saturated heterocycles. The van der Waals surface area contributed by atoms with Crippen molar-refractivity contribution in [3.63, 3.8) is 0 Å². The molecule has 1 heterocycles. The molecule has 3 saturated carbocycles. The van der Waals surface area contributed by atoms with Crippen molar-refractivity contribution in [3.8, 4) is 0 Å². The van der Waals surface area contributed by atoms with Crippen LogP contribution in [0.25, 0.3) is 0 Å². The van der Waals surface area contributed by atoms with E-state index in [1.165, 1.54) is 18.2 Å². The lowest BCUT2D eigenvalue weighted by Crippen LogP contribution is -2.84. The van der Waals surface area contributed by atoms with E-state index >= 15 is 0 Å². The highest BCUT2D eigenvalue weighted by Crippen LogP contribution is 2.60. The molecule has 39 heavy (non-hydrogen) atoms. The Hall–Kier alpha value is -3.19. The first-order valence-electron chi connectivity index (χ1n) is 12.3. The van der Waals surface area contributed by atoms with E-state index in [1.54, 1.807) is 18.2 Å². The van der Waals surface area contributed by atoms with Crippen molar-refractivity contribution < 1.29 is 40.3 Å². The van der Waals surface area contributed by atoms with E-state index in [0.717, 1.165) is 23.3 Å². The maximum Gasteiger partial charge on any atom is 0.491 e. The number of nitrogens with zero attached hydrogens (tertiary/aromatic N) is 1. The second kappa shape index (κ2) is 9.19. The molecule has 0 aromatic heterocycles. The van der Waals surface area contributed by atoms with Gasteiger partial charge in [0.1, 0.15) is 15.7 Å². The molecule has 13 heteroatoms. The number of fused-ring (bicyclic) bond motifs is 1. The number of hydrogen-bond acceptors (Lipinski definition) is 6. The molecule has 0 unspecified atom stereocenters. The van der Waals surface area contributed by atoms with Gasteiger partial charge in [0.25, 0.3) is 0 Å². The van der Waals surface area contributed by atoms with Crippen LogP contribution in [0.2, 0.25) is 0 Å². The molecular formula is C26H27F4N3O5S. The zero-order chi connectivity index (χ0) is 28.3. The molecule has 210 valence electrons. The summed E-state index contributed by atoms with van der Waals surface area (Å²) in [4.78, 5) is 27.1. The van der Waals surface area contributed by atoms with Crippen LogP contribution in [-0.2, 0) is 31.5 Å². The molecule has 1 aliphatic heterocycles. The van der Waals surface area contributed by atoms with Crippen LogP contribution >= 0.6 is 0 Å². The monoisotopic (exact) mass is 569 g/mol. The molecule has 3 fully saturated rings. The lowest BCUT2D eigenvalue weighted by Gasteiger charge is -2.71. The first-order valence-corrected chi connectivity index (χ1v) is 14.4. The van der Waals surface area contributed by atoms with Gasteiger partial charge in [-0.1, -0.05) is 24.3 Å². The number of amides is 2. The lowest BCUT2D eigenvalue weighted by atomic mass is 9.44. The van der Waals surface area contributed by atoms with E-state index in [-0.39, 0.29) is 35.5 Å². The van der Waals surface area contributed by atoms with E-state index in [0.29, 0.717) is 31.2 Å². The summed E-state index contributed by atoms with van der Waals surface area (Å²) in [6.45, 7) is 0.200. The van der Waals surface area contributed by atoms with Crippen LogP contribution in [0.5, 0.6) is 0 Å². The maximum atomic E-state index is 13.8. The van der Waals surface area contributed by atoms with Crippen molar-refractivity contribution >= 4 is 21.8 Å². The van der Waals surface area contributed by atoms with Gasteiger partial charge in [-0.2, -0.15) is 13.2 Å². The second-order valence-electron chi connectivity index (χ2n) is 10.7. The number of alkyl halides is 3. The largest absolute Gasteiger partial charge is 0.491 e. The molecule has 2 N–H and O–H groups in total. The maximum absolute atomic E-state index is 13.8. The Labute approximate surface area is 222 Å². The molecule has 1 atom stereocenters. The van der Waals surface area contributed by atoms with Gasteiger partial charge in [-0.3, -0.25) is 4.90 Å². The minimum Gasteiger partial charge on any atom is -0.423 e. The molecule has 0 radical (unpaired) electrons. The Morgan fingerprint density at radius 1 is 1.03 bits per heavy atom. The molecule has 6 rings (SSSR count). The molecule has 4 aliphatic rings. The Bertz CT molecular complexity index is 1390. The van der Waals surface area contributed by atoms with Crippen LogP contribution in [0.4, 0.5) is 22.4 Å². The second-order valence-corrected chi connectivity index (χ2v) is 12.9. The van der Waals surface area contributed by atoms with E-state index in [4.69, 9.17) is 4.74 Å². The number of sulfone groups is 1. The number of carbonyl (C=O) groups is 2. The predicted molar refractivity (Wildman–Crippen MR) is 132 cm³/mol. The van der Waals surface area contributed by atoms with Crippen LogP contribution < -0.4 is 10.6 Å². The molecule has 2 aromatic carbocycles. The number of carbonyl (C=O) groups excluding carboxylic acids is 2. The van der Waals surface area contributed by atoms with Crippen molar-refractivity contribution in [1.29, 1.82) is 0 Å². The van der Waals surface area contributed by atoms with Crippen LogP contribution in [0.3, 0.4) is 0 Å². The quantitative estimate of drug-likeness (QED) is 0.393. The molecule has 2 bridgehead atoms. The number of hydrogen-bond donors (Lipinski definition) is 2. The summed E-state index contributed by atoms with van der Waals surface area (Å²) < 4.78 is 82.4. The average Bonchev–Trinajstić information content (AvgIpc) is 2.80. The summed E-state index contributed by atoms with van der Waals surface area (Å²) in [6.07, 6.45) is -2.35. The summed E-state index contributed by atoms with van der Waals surface area (Å²) >= 11 is 0. The fraction of sp³-hybridized carbons (Fsp3) is 0.462. The van der Waals surface area contributed by atoms with Gasteiger partial charge in [0.15, 0.2) is 0 Å². The number of benzene rings is 2. The van der Waals surface area contributed by atoms with Gasteiger partial charge in [0, 0.05) is 41.6 Å². The third-order valence-corrected chi connectivity index (χ3v) is 8.64. The SMILES string of the molecule is CS(=O)(=O)CCNC12CC(NC(=O)N3CCc4ccccc4[C@@]3(OC(=O)C(F)(F)F)c3ccc(F)cc3)(C1)C2. The van der Waals surface area contributed by atoms with Crippen LogP contribution in [-0.4, -0.2) is 67.7 Å². The van der Waals surface area contributed by atoms with E-state index in [1.807, 2.05) is 0 Å². The van der Waals surface area contributed by atoms with Gasteiger partial charge in [0.2, 0.25) is 5.72 Å². The van der Waals surface area contributed by atoms with Crippen LogP contribution in [0.15, 0.2) is 48.5 Å². The van der Waals surface area contributed by atoms with Gasteiger partial charge in [0.05, 0.1) is 5.75 Å². The van der Waals surface area contributed by atoms with Crippen molar-refractivity contribution in [2.75, 3.05) is 25.1 Å². The average molecular weight is 570 g/mol. The summed E-state index contributed by atoms with van der Waals surface area (Å²) in [5.74, 6) is -3.16. The molecule has 3 aliphatic carbocycles. The van der Waals surface area contributed by atoms with Gasteiger partial charge in [-0.15, -0.1) is 0 Å². The topological polar surface area (TPSA) is 105 Å². The lowest BCUT2D eigenvalue weighted by molar-refractivity contribution is -0.224. The third kappa shape index (κ3) is 4.97. The first kappa shape index (κ1) is 27.4. The summed E-state index contributed by atoms with van der Waals surface area (Å²) in [5, 5.41) is 6.15. The zero-order valence-electron chi connectivity index (χ0n) is 21.0. The first-order chi connectivity index (χ1) is 18.2. The van der Waals surface area contributed by atoms with E-state index in [2.05, 4.69) is 10.6 Å². The minimum absolute atomic E-state index is 0.0136. The Morgan fingerprint density at radius 2 is 1.67 bits per heavy atom. The van der Waals surface area contributed by atoms with Gasteiger partial charge in [-0.05, 0) is 55.5 Å². The molecule has 8 nitrogen and oxygen atoms in total. The number of ether oxygens (including phenoxy) is 1. The van der Waals surface area contributed by atoms with Crippen LogP contribution in [0, 0.1) is 5.82 Å². The highest BCUT2D eigenvalue weighted by Gasteiger charge is 2.69. The standard InChI is InChI=1S/C26H27F4N3O5S/c1-39(36,37)13-11-31-23-14-24(15-23,16-23)32-22(35)33-12-10-17-4-2-3-5-20(17)25(33,38-21(34)26(28,29)30)18-6-8-19(27)9-7-18/h2-9,31H,10-16H2,1H3,(H,32,35)/t23?,24?,25-/m0/s1. The van der Waals surface area contributed by atoms with E-state index < -0.39 is 45.1 Å². The molecule has 0 spiro atoms. The van der Waals surface area contributed by atoms with Crippen molar-refractivity contribution in [1.82, 2.24) is 15.5 Å². The number of esters is 1. The van der Waals surface area contributed by atoms with Crippen molar-refractivity contribution in [2.24, 2.45) is 0 Å². The Balaban J connectivity index is 1.45. The van der Waals surface area contributed by atoms with Crippen molar-refractivity contribution in [3.05, 3.63) is 71.0 Å². The molecular weight excluding hydrogens is 542 g/mol. The highest BCUT2D eigenvalue weighted by atomic mass is 32.2. The number of rotatable bonds is 7. The predicted octanol–water partition coefficient (Wildman–Crippen LogP) is 3.01. The normalized spacial score (nSPS) is 27.6. The summed E-state index contributed by atoms with van der Waals surface area (Å²) in [5.41, 5.74) is -2.47. The smallest absolute Gasteiger partial charge is 0.423 e. The fourth-order valence-electron chi connectivity index (χ4n) is 6.10. The summed E-state index contributed by atoms with van der Waals surface area (Å²) in [6, 6.07) is 10.1. The highest BCUT2D eigenvalue weighted by molar-refractivity contribution is 7.90. The van der Waals surface area contributed by atoms with E-state index in [9.17, 15) is 35.6 Å². The Morgan fingerprint density at radius 3 is 2.28 bits per heavy atom. The Kier molecular flexibility index (Phi) is 6.45. The zero-order valence-corrected chi connectivity index (χ0v) is 21.8. The van der Waals surface area contributed by atoms with Crippen molar-refractivity contribution in [2.45, 2.75) is 48.7 Å².